The van der Waals surface area contributed by atoms with Crippen molar-refractivity contribution in [2.75, 3.05) is 19.6 Å². The first-order chi connectivity index (χ1) is 9.75. The fourth-order valence-electron chi connectivity index (χ4n) is 3.00. The number of hydrogen-bond acceptors (Lipinski definition) is 2. The zero-order valence-electron chi connectivity index (χ0n) is 12.0. The Labute approximate surface area is 125 Å². The van der Waals surface area contributed by atoms with E-state index in [1.54, 1.807) is 0 Å². The number of aromatic amines is 1. The third kappa shape index (κ3) is 2.85. The van der Waals surface area contributed by atoms with E-state index in [0.29, 0.717) is 6.04 Å². The Kier molecular flexibility index (Phi) is 4.29. The van der Waals surface area contributed by atoms with E-state index in [2.05, 4.69) is 34.3 Å². The summed E-state index contributed by atoms with van der Waals surface area (Å²) in [5.74, 6) is 0. The Balaban J connectivity index is 1.58. The molecule has 0 radical (unpaired) electrons. The lowest BCUT2D eigenvalue weighted by atomic mass is 10.2. The molecule has 3 rings (SSSR count). The summed E-state index contributed by atoms with van der Waals surface area (Å²) in [4.78, 5) is 5.95. The molecule has 1 fully saturated rings. The molecule has 4 heteroatoms. The number of rotatable bonds is 5. The summed E-state index contributed by atoms with van der Waals surface area (Å²) < 4.78 is 0. The van der Waals surface area contributed by atoms with Gasteiger partial charge in [-0.2, -0.15) is 0 Å². The molecule has 2 heterocycles. The van der Waals surface area contributed by atoms with Crippen LogP contribution in [0, 0.1) is 0 Å². The van der Waals surface area contributed by atoms with Gasteiger partial charge in [0.05, 0.1) is 5.02 Å². The normalized spacial score (nSPS) is 17.9. The molecule has 0 spiro atoms. The van der Waals surface area contributed by atoms with Crippen LogP contribution in [0.2, 0.25) is 5.02 Å². The third-order valence-electron chi connectivity index (χ3n) is 4.22. The first kappa shape index (κ1) is 13.9. The standard InChI is InChI=1S/C16H22ClN3/c1-12(20-8-4-5-9-20)10-18-11-15-16(17)13-6-2-3-7-14(13)19-15/h2-3,6-7,12,18-19H,4-5,8-11H2,1H3. The molecule has 1 unspecified atom stereocenters. The number of H-pyrrole nitrogens is 1. The van der Waals surface area contributed by atoms with Crippen molar-refractivity contribution < 1.29 is 0 Å². The van der Waals surface area contributed by atoms with E-state index >= 15 is 0 Å². The van der Waals surface area contributed by atoms with Crippen LogP contribution in [-0.4, -0.2) is 35.6 Å². The van der Waals surface area contributed by atoms with Crippen molar-refractivity contribution in [1.29, 1.82) is 0 Å². The Morgan fingerprint density at radius 2 is 2.05 bits per heavy atom. The minimum absolute atomic E-state index is 0.598. The minimum Gasteiger partial charge on any atom is -0.356 e. The highest BCUT2D eigenvalue weighted by molar-refractivity contribution is 6.36. The fourth-order valence-corrected chi connectivity index (χ4v) is 3.28. The maximum Gasteiger partial charge on any atom is 0.0705 e. The molecular weight excluding hydrogens is 270 g/mol. The first-order valence-electron chi connectivity index (χ1n) is 7.45. The van der Waals surface area contributed by atoms with Crippen LogP contribution in [0.15, 0.2) is 24.3 Å². The molecular formula is C16H22ClN3. The van der Waals surface area contributed by atoms with E-state index in [9.17, 15) is 0 Å². The minimum atomic E-state index is 0.598. The maximum absolute atomic E-state index is 6.42. The summed E-state index contributed by atoms with van der Waals surface area (Å²) in [5, 5.41) is 5.48. The van der Waals surface area contributed by atoms with Gasteiger partial charge in [0.1, 0.15) is 0 Å². The molecule has 0 amide bonds. The van der Waals surface area contributed by atoms with Gasteiger partial charge >= 0.3 is 0 Å². The van der Waals surface area contributed by atoms with Crippen molar-refractivity contribution >= 4 is 22.5 Å². The Bertz CT molecular complexity index is 572. The Hall–Kier alpha value is -1.03. The molecule has 2 N–H and O–H groups in total. The highest BCUT2D eigenvalue weighted by Crippen LogP contribution is 2.26. The number of benzene rings is 1. The van der Waals surface area contributed by atoms with E-state index in [1.807, 2.05) is 12.1 Å². The molecule has 0 saturated carbocycles. The van der Waals surface area contributed by atoms with Crippen LogP contribution in [0.1, 0.15) is 25.5 Å². The van der Waals surface area contributed by atoms with Crippen molar-refractivity contribution in [2.45, 2.75) is 32.4 Å². The van der Waals surface area contributed by atoms with E-state index < -0.39 is 0 Å². The highest BCUT2D eigenvalue weighted by Gasteiger charge is 2.17. The van der Waals surface area contributed by atoms with Gasteiger partial charge in [0.25, 0.3) is 0 Å². The van der Waals surface area contributed by atoms with Crippen LogP contribution < -0.4 is 5.32 Å². The van der Waals surface area contributed by atoms with Crippen molar-refractivity contribution in [2.24, 2.45) is 0 Å². The predicted molar refractivity (Wildman–Crippen MR) is 85.3 cm³/mol. The van der Waals surface area contributed by atoms with Crippen LogP contribution in [-0.2, 0) is 6.54 Å². The molecule has 108 valence electrons. The lowest BCUT2D eigenvalue weighted by Crippen LogP contribution is -2.38. The smallest absolute Gasteiger partial charge is 0.0705 e. The number of likely N-dealkylation sites (tertiary alicyclic amines) is 1. The largest absolute Gasteiger partial charge is 0.356 e. The number of nitrogens with zero attached hydrogens (tertiary/aromatic N) is 1. The molecule has 1 aromatic carbocycles. The second-order valence-electron chi connectivity index (χ2n) is 5.69. The number of aromatic nitrogens is 1. The topological polar surface area (TPSA) is 31.1 Å². The average Bonchev–Trinajstić information content (AvgIpc) is 3.09. The first-order valence-corrected chi connectivity index (χ1v) is 7.83. The van der Waals surface area contributed by atoms with Crippen molar-refractivity contribution in [1.82, 2.24) is 15.2 Å². The maximum atomic E-state index is 6.42. The zero-order valence-corrected chi connectivity index (χ0v) is 12.7. The van der Waals surface area contributed by atoms with Crippen LogP contribution in [0.25, 0.3) is 10.9 Å². The number of hydrogen-bond donors (Lipinski definition) is 2. The van der Waals surface area contributed by atoms with Gasteiger partial charge in [0.15, 0.2) is 0 Å². The molecule has 1 saturated heterocycles. The number of nitrogens with one attached hydrogen (secondary N) is 2. The number of fused-ring (bicyclic) bond motifs is 1. The second-order valence-corrected chi connectivity index (χ2v) is 6.06. The van der Waals surface area contributed by atoms with Crippen molar-refractivity contribution in [3.8, 4) is 0 Å². The summed E-state index contributed by atoms with van der Waals surface area (Å²) in [6.45, 7) is 6.59. The SMILES string of the molecule is CC(CNCc1[nH]c2ccccc2c1Cl)N1CCCC1. The van der Waals surface area contributed by atoms with Gasteiger partial charge < -0.3 is 10.3 Å². The molecule has 0 aliphatic carbocycles. The lowest BCUT2D eigenvalue weighted by Gasteiger charge is -2.23. The van der Waals surface area contributed by atoms with Gasteiger partial charge in [0.2, 0.25) is 0 Å². The molecule has 2 aromatic rings. The predicted octanol–water partition coefficient (Wildman–Crippen LogP) is 3.40. The summed E-state index contributed by atoms with van der Waals surface area (Å²) in [6.07, 6.45) is 2.69. The summed E-state index contributed by atoms with van der Waals surface area (Å²) in [6, 6.07) is 8.78. The van der Waals surface area contributed by atoms with Gasteiger partial charge in [-0.05, 0) is 38.9 Å². The van der Waals surface area contributed by atoms with Crippen molar-refractivity contribution in [3.63, 3.8) is 0 Å². The Morgan fingerprint density at radius 3 is 2.80 bits per heavy atom. The Morgan fingerprint density at radius 1 is 1.30 bits per heavy atom. The summed E-state index contributed by atoms with van der Waals surface area (Å²) in [7, 11) is 0. The van der Waals surface area contributed by atoms with Crippen LogP contribution >= 0.6 is 11.6 Å². The zero-order chi connectivity index (χ0) is 13.9. The molecule has 1 aromatic heterocycles. The molecule has 1 atom stereocenters. The van der Waals surface area contributed by atoms with Gasteiger partial charge in [-0.15, -0.1) is 0 Å². The van der Waals surface area contributed by atoms with Crippen molar-refractivity contribution in [3.05, 3.63) is 35.0 Å². The molecule has 1 aliphatic heterocycles. The number of halogens is 1. The van der Waals surface area contributed by atoms with Gasteiger partial charge in [-0.3, -0.25) is 4.90 Å². The number of para-hydroxylation sites is 1. The van der Waals surface area contributed by atoms with Crippen LogP contribution in [0.5, 0.6) is 0 Å². The monoisotopic (exact) mass is 291 g/mol. The molecule has 0 bridgehead atoms. The van der Waals surface area contributed by atoms with E-state index in [-0.39, 0.29) is 0 Å². The van der Waals surface area contributed by atoms with Gasteiger partial charge in [-0.25, -0.2) is 0 Å². The van der Waals surface area contributed by atoms with Gasteiger partial charge in [0, 0.05) is 35.7 Å². The highest BCUT2D eigenvalue weighted by atomic mass is 35.5. The molecule has 3 nitrogen and oxygen atoms in total. The molecule has 1 aliphatic rings. The quantitative estimate of drug-likeness (QED) is 0.885. The van der Waals surface area contributed by atoms with Crippen LogP contribution in [0.4, 0.5) is 0 Å². The second kappa shape index (κ2) is 6.17. The van der Waals surface area contributed by atoms with E-state index in [1.165, 1.54) is 25.9 Å². The average molecular weight is 292 g/mol. The fraction of sp³-hybridized carbons (Fsp3) is 0.500. The third-order valence-corrected chi connectivity index (χ3v) is 4.65. The van der Waals surface area contributed by atoms with E-state index in [0.717, 1.165) is 34.7 Å². The van der Waals surface area contributed by atoms with E-state index in [4.69, 9.17) is 11.6 Å². The summed E-state index contributed by atoms with van der Waals surface area (Å²) in [5.41, 5.74) is 2.20. The summed E-state index contributed by atoms with van der Waals surface area (Å²) >= 11 is 6.42. The molecule has 20 heavy (non-hydrogen) atoms. The lowest BCUT2D eigenvalue weighted by molar-refractivity contribution is 0.251. The van der Waals surface area contributed by atoms with Crippen LogP contribution in [0.3, 0.4) is 0 Å². The van der Waals surface area contributed by atoms with Gasteiger partial charge in [-0.1, -0.05) is 29.8 Å².